The summed E-state index contributed by atoms with van der Waals surface area (Å²) in [6, 6.07) is 9.32. The Morgan fingerprint density at radius 1 is 1.16 bits per heavy atom. The van der Waals surface area contributed by atoms with E-state index in [0.717, 1.165) is 25.7 Å². The molecule has 31 heavy (non-hydrogen) atoms. The van der Waals surface area contributed by atoms with Crippen LogP contribution in [0, 0.1) is 0 Å². The molecule has 0 saturated heterocycles. The Balaban J connectivity index is 1.63. The Bertz CT molecular complexity index is 967. The molecule has 2 N–H and O–H groups in total. The first-order valence-corrected chi connectivity index (χ1v) is 11.6. The SMILES string of the molecule is COc1ccc(S(=O)(=O)NCC(=O)N(CC(=O)NC2CCCC2)Cc2ccco2)cc1. The molecule has 0 unspecified atom stereocenters. The molecule has 1 fully saturated rings. The number of ether oxygens (including phenoxy) is 1. The summed E-state index contributed by atoms with van der Waals surface area (Å²) < 4.78 is 37.6. The van der Waals surface area contributed by atoms with Gasteiger partial charge in [-0.2, -0.15) is 0 Å². The second-order valence-electron chi connectivity index (χ2n) is 7.38. The first-order chi connectivity index (χ1) is 14.9. The number of nitrogens with zero attached hydrogens (tertiary/aromatic N) is 1. The zero-order valence-corrected chi connectivity index (χ0v) is 18.2. The minimum Gasteiger partial charge on any atom is -0.497 e. The molecule has 0 bridgehead atoms. The summed E-state index contributed by atoms with van der Waals surface area (Å²) >= 11 is 0. The van der Waals surface area contributed by atoms with Crippen molar-refractivity contribution in [2.24, 2.45) is 0 Å². The fourth-order valence-electron chi connectivity index (χ4n) is 3.45. The van der Waals surface area contributed by atoms with E-state index < -0.39 is 22.5 Å². The number of rotatable bonds is 10. The molecule has 1 aliphatic carbocycles. The molecule has 10 heteroatoms. The van der Waals surface area contributed by atoms with Gasteiger partial charge in [-0.1, -0.05) is 12.8 Å². The lowest BCUT2D eigenvalue weighted by molar-refractivity contribution is -0.136. The maximum atomic E-state index is 12.8. The number of benzene rings is 1. The molecule has 1 aromatic carbocycles. The average molecular weight is 450 g/mol. The van der Waals surface area contributed by atoms with Gasteiger partial charge in [-0.15, -0.1) is 0 Å². The standard InChI is InChI=1S/C21H27N3O6S/c1-29-17-8-10-19(11-9-17)31(27,28)22-13-21(26)24(14-18-7-4-12-30-18)15-20(25)23-16-5-2-3-6-16/h4,7-12,16,22H,2-3,5-6,13-15H2,1H3,(H,23,25). The summed E-state index contributed by atoms with van der Waals surface area (Å²) in [4.78, 5) is 26.5. The number of carbonyl (C=O) groups excluding carboxylic acids is 2. The van der Waals surface area contributed by atoms with Crippen LogP contribution in [0.25, 0.3) is 0 Å². The van der Waals surface area contributed by atoms with Gasteiger partial charge < -0.3 is 19.4 Å². The van der Waals surface area contributed by atoms with Crippen LogP contribution < -0.4 is 14.8 Å². The highest BCUT2D eigenvalue weighted by molar-refractivity contribution is 7.89. The minimum atomic E-state index is -3.90. The third-order valence-electron chi connectivity index (χ3n) is 5.12. The lowest BCUT2D eigenvalue weighted by atomic mass is 10.2. The number of sulfonamides is 1. The fourth-order valence-corrected chi connectivity index (χ4v) is 4.42. The number of hydrogen-bond acceptors (Lipinski definition) is 6. The third-order valence-corrected chi connectivity index (χ3v) is 6.53. The van der Waals surface area contributed by atoms with Crippen molar-refractivity contribution in [1.82, 2.24) is 14.9 Å². The van der Waals surface area contributed by atoms with Crippen LogP contribution in [0.2, 0.25) is 0 Å². The molecule has 2 amide bonds. The normalized spacial score (nSPS) is 14.4. The maximum absolute atomic E-state index is 12.8. The van der Waals surface area contributed by atoms with Gasteiger partial charge in [-0.05, 0) is 49.2 Å². The molecule has 0 aliphatic heterocycles. The molecular formula is C21H27N3O6S. The molecule has 0 radical (unpaired) electrons. The summed E-state index contributed by atoms with van der Waals surface area (Å²) in [6.45, 7) is -0.597. The van der Waals surface area contributed by atoms with Crippen molar-refractivity contribution < 1.29 is 27.2 Å². The van der Waals surface area contributed by atoms with Crippen molar-refractivity contribution in [2.45, 2.75) is 43.2 Å². The maximum Gasteiger partial charge on any atom is 0.241 e. The van der Waals surface area contributed by atoms with Crippen molar-refractivity contribution in [1.29, 1.82) is 0 Å². The second kappa shape index (κ2) is 10.5. The third kappa shape index (κ3) is 6.56. The first-order valence-electron chi connectivity index (χ1n) is 10.1. The van der Waals surface area contributed by atoms with E-state index >= 15 is 0 Å². The van der Waals surface area contributed by atoms with E-state index in [1.807, 2.05) is 0 Å². The highest BCUT2D eigenvalue weighted by Gasteiger charge is 2.24. The van der Waals surface area contributed by atoms with Crippen LogP contribution in [-0.2, 0) is 26.2 Å². The quantitative estimate of drug-likeness (QED) is 0.570. The van der Waals surface area contributed by atoms with E-state index in [1.54, 1.807) is 12.1 Å². The average Bonchev–Trinajstić information content (AvgIpc) is 3.46. The molecule has 1 aliphatic rings. The molecule has 9 nitrogen and oxygen atoms in total. The summed E-state index contributed by atoms with van der Waals surface area (Å²) in [5.74, 6) is 0.216. The molecule has 3 rings (SSSR count). The van der Waals surface area contributed by atoms with Crippen LogP contribution in [0.1, 0.15) is 31.4 Å². The molecular weight excluding hydrogens is 422 g/mol. The molecule has 1 saturated carbocycles. The highest BCUT2D eigenvalue weighted by atomic mass is 32.2. The fraction of sp³-hybridized carbons (Fsp3) is 0.429. The predicted molar refractivity (Wildman–Crippen MR) is 113 cm³/mol. The molecule has 1 aromatic heterocycles. The predicted octanol–water partition coefficient (Wildman–Crippen LogP) is 1.65. The Kier molecular flexibility index (Phi) is 7.69. The van der Waals surface area contributed by atoms with Crippen LogP contribution in [0.3, 0.4) is 0 Å². The Morgan fingerprint density at radius 3 is 2.48 bits per heavy atom. The molecule has 0 atom stereocenters. The smallest absolute Gasteiger partial charge is 0.241 e. The molecule has 2 aromatic rings. The van der Waals surface area contributed by atoms with Gasteiger partial charge >= 0.3 is 0 Å². The van der Waals surface area contributed by atoms with Crippen molar-refractivity contribution >= 4 is 21.8 Å². The second-order valence-corrected chi connectivity index (χ2v) is 9.15. The van der Waals surface area contributed by atoms with Gasteiger partial charge in [0.2, 0.25) is 21.8 Å². The van der Waals surface area contributed by atoms with Gasteiger partial charge in [0.15, 0.2) is 0 Å². The number of furan rings is 1. The Morgan fingerprint density at radius 2 is 1.87 bits per heavy atom. The lowest BCUT2D eigenvalue weighted by Crippen LogP contribution is -2.46. The number of amides is 2. The zero-order valence-electron chi connectivity index (χ0n) is 17.4. The molecule has 1 heterocycles. The zero-order chi connectivity index (χ0) is 22.3. The van der Waals surface area contributed by atoms with Crippen LogP contribution in [0.15, 0.2) is 52.0 Å². The van der Waals surface area contributed by atoms with Crippen molar-refractivity contribution in [2.75, 3.05) is 20.2 Å². The van der Waals surface area contributed by atoms with Crippen LogP contribution >= 0.6 is 0 Å². The van der Waals surface area contributed by atoms with E-state index in [1.165, 1.54) is 42.5 Å². The summed E-state index contributed by atoms with van der Waals surface area (Å²) in [6.07, 6.45) is 5.49. The molecule has 168 valence electrons. The van der Waals surface area contributed by atoms with E-state index in [9.17, 15) is 18.0 Å². The lowest BCUT2D eigenvalue weighted by Gasteiger charge is -2.22. The van der Waals surface area contributed by atoms with Gasteiger partial charge in [0.05, 0.1) is 31.4 Å². The summed E-state index contributed by atoms with van der Waals surface area (Å²) in [5.41, 5.74) is 0. The summed E-state index contributed by atoms with van der Waals surface area (Å²) in [5, 5.41) is 2.94. The highest BCUT2D eigenvalue weighted by Crippen LogP contribution is 2.18. The van der Waals surface area contributed by atoms with Crippen molar-refractivity contribution in [3.05, 3.63) is 48.4 Å². The van der Waals surface area contributed by atoms with E-state index in [4.69, 9.17) is 9.15 Å². The van der Waals surface area contributed by atoms with Crippen LogP contribution in [-0.4, -0.2) is 51.4 Å². The summed E-state index contributed by atoms with van der Waals surface area (Å²) in [7, 11) is -2.42. The van der Waals surface area contributed by atoms with Gasteiger partial charge in [-0.3, -0.25) is 9.59 Å². The van der Waals surface area contributed by atoms with Gasteiger partial charge in [0.25, 0.3) is 0 Å². The van der Waals surface area contributed by atoms with Gasteiger partial charge in [-0.25, -0.2) is 13.1 Å². The number of methoxy groups -OCH3 is 1. The molecule has 0 spiro atoms. The van der Waals surface area contributed by atoms with E-state index in [-0.39, 0.29) is 29.9 Å². The Labute approximate surface area is 181 Å². The first kappa shape index (κ1) is 22.8. The number of hydrogen-bond donors (Lipinski definition) is 2. The van der Waals surface area contributed by atoms with E-state index in [2.05, 4.69) is 10.0 Å². The Hall–Kier alpha value is -2.85. The minimum absolute atomic E-state index is 0.0117. The van der Waals surface area contributed by atoms with E-state index in [0.29, 0.717) is 11.5 Å². The number of nitrogens with one attached hydrogen (secondary N) is 2. The van der Waals surface area contributed by atoms with Crippen molar-refractivity contribution in [3.8, 4) is 5.75 Å². The topological polar surface area (TPSA) is 118 Å². The monoisotopic (exact) mass is 449 g/mol. The largest absolute Gasteiger partial charge is 0.497 e. The van der Waals surface area contributed by atoms with Crippen LogP contribution in [0.4, 0.5) is 0 Å². The van der Waals surface area contributed by atoms with Gasteiger partial charge in [0.1, 0.15) is 18.1 Å². The number of carbonyl (C=O) groups is 2. The van der Waals surface area contributed by atoms with Gasteiger partial charge in [0, 0.05) is 6.04 Å². The van der Waals surface area contributed by atoms with Crippen LogP contribution in [0.5, 0.6) is 5.75 Å². The van der Waals surface area contributed by atoms with Crippen molar-refractivity contribution in [3.63, 3.8) is 0 Å².